The van der Waals surface area contributed by atoms with Crippen molar-refractivity contribution in [2.45, 2.75) is 13.8 Å². The smallest absolute Gasteiger partial charge is 0.142 e. The van der Waals surface area contributed by atoms with Gasteiger partial charge in [0.05, 0.1) is 0 Å². The van der Waals surface area contributed by atoms with E-state index in [1.807, 2.05) is 19.9 Å². The highest BCUT2D eigenvalue weighted by Crippen LogP contribution is 1.90. The summed E-state index contributed by atoms with van der Waals surface area (Å²) < 4.78 is 0. The Morgan fingerprint density at radius 1 is 1.50 bits per heavy atom. The number of allylic oxidation sites excluding steroid dienone is 4. The SMILES string of the molecule is C/C=C(C)/C=C/C=O. The van der Waals surface area contributed by atoms with Gasteiger partial charge < -0.3 is 0 Å². The second-order valence-electron chi connectivity index (χ2n) is 1.53. The highest BCUT2D eigenvalue weighted by Gasteiger charge is 1.72. The second kappa shape index (κ2) is 4.31. The van der Waals surface area contributed by atoms with Crippen LogP contribution in [-0.2, 0) is 4.79 Å². The van der Waals surface area contributed by atoms with E-state index in [-0.39, 0.29) is 0 Å². The monoisotopic (exact) mass is 110 g/mol. The van der Waals surface area contributed by atoms with Crippen molar-refractivity contribution in [3.63, 3.8) is 0 Å². The molecular weight excluding hydrogens is 100 g/mol. The van der Waals surface area contributed by atoms with Crippen molar-refractivity contribution in [1.29, 1.82) is 0 Å². The van der Waals surface area contributed by atoms with E-state index in [9.17, 15) is 4.79 Å². The normalized spacial score (nSPS) is 12.5. The van der Waals surface area contributed by atoms with E-state index >= 15 is 0 Å². The van der Waals surface area contributed by atoms with Crippen LogP contribution in [0.4, 0.5) is 0 Å². The molecule has 0 aromatic rings. The molecule has 0 radical (unpaired) electrons. The summed E-state index contributed by atoms with van der Waals surface area (Å²) in [6, 6.07) is 0. The minimum Gasteiger partial charge on any atom is -0.299 e. The lowest BCUT2D eigenvalue weighted by molar-refractivity contribution is -0.104. The van der Waals surface area contributed by atoms with Gasteiger partial charge in [-0.05, 0) is 19.9 Å². The van der Waals surface area contributed by atoms with Gasteiger partial charge in [-0.3, -0.25) is 4.79 Å². The van der Waals surface area contributed by atoms with Gasteiger partial charge in [-0.15, -0.1) is 0 Å². The maximum Gasteiger partial charge on any atom is 0.142 e. The molecule has 0 bridgehead atoms. The molecule has 0 aromatic carbocycles. The van der Waals surface area contributed by atoms with Crippen molar-refractivity contribution < 1.29 is 4.79 Å². The van der Waals surface area contributed by atoms with E-state index in [1.165, 1.54) is 6.08 Å². The minimum atomic E-state index is 0.771. The van der Waals surface area contributed by atoms with Crippen LogP contribution in [0.25, 0.3) is 0 Å². The standard InChI is InChI=1S/C7H10O/c1-3-7(2)5-4-6-8/h3-6H,1-2H3/b5-4+,7-3+. The van der Waals surface area contributed by atoms with Gasteiger partial charge in [-0.25, -0.2) is 0 Å². The zero-order valence-corrected chi connectivity index (χ0v) is 5.22. The summed E-state index contributed by atoms with van der Waals surface area (Å²) in [5, 5.41) is 0. The van der Waals surface area contributed by atoms with Crippen molar-refractivity contribution >= 4 is 6.29 Å². The van der Waals surface area contributed by atoms with Gasteiger partial charge in [0.1, 0.15) is 6.29 Å². The van der Waals surface area contributed by atoms with Gasteiger partial charge in [-0.2, -0.15) is 0 Å². The fraction of sp³-hybridized carbons (Fsp3) is 0.286. The minimum absolute atomic E-state index is 0.771. The van der Waals surface area contributed by atoms with Gasteiger partial charge in [0.2, 0.25) is 0 Å². The Morgan fingerprint density at radius 2 is 2.12 bits per heavy atom. The average molecular weight is 110 g/mol. The summed E-state index contributed by atoms with van der Waals surface area (Å²) in [7, 11) is 0. The third-order valence-electron chi connectivity index (χ3n) is 0.893. The molecule has 0 aliphatic rings. The molecule has 1 nitrogen and oxygen atoms in total. The van der Waals surface area contributed by atoms with Crippen LogP contribution in [-0.4, -0.2) is 6.29 Å². The molecule has 1 heteroatoms. The van der Waals surface area contributed by atoms with Crippen LogP contribution in [0.3, 0.4) is 0 Å². The molecule has 44 valence electrons. The molecule has 0 rings (SSSR count). The van der Waals surface area contributed by atoms with Crippen molar-refractivity contribution in [1.82, 2.24) is 0 Å². The third-order valence-corrected chi connectivity index (χ3v) is 0.893. The van der Waals surface area contributed by atoms with Crippen molar-refractivity contribution in [2.24, 2.45) is 0 Å². The average Bonchev–Trinajstić information content (AvgIpc) is 1.83. The first-order valence-electron chi connectivity index (χ1n) is 2.56. The number of rotatable bonds is 2. The maximum absolute atomic E-state index is 9.71. The Labute approximate surface area is 49.7 Å². The van der Waals surface area contributed by atoms with Crippen molar-refractivity contribution in [3.05, 3.63) is 23.8 Å². The molecule has 0 N–H and O–H groups in total. The van der Waals surface area contributed by atoms with Gasteiger partial charge in [0, 0.05) is 0 Å². The molecule has 0 spiro atoms. The fourth-order valence-electron chi connectivity index (χ4n) is 0.287. The molecule has 0 aliphatic carbocycles. The molecule has 0 aromatic heterocycles. The first-order valence-corrected chi connectivity index (χ1v) is 2.56. The largest absolute Gasteiger partial charge is 0.299 e. The molecule has 0 atom stereocenters. The van der Waals surface area contributed by atoms with Crippen LogP contribution in [0.5, 0.6) is 0 Å². The lowest BCUT2D eigenvalue weighted by Gasteiger charge is -1.81. The number of carbonyl (C=O) groups is 1. The summed E-state index contributed by atoms with van der Waals surface area (Å²) >= 11 is 0. The number of carbonyl (C=O) groups excluding carboxylic acids is 1. The van der Waals surface area contributed by atoms with Gasteiger partial charge in [0.25, 0.3) is 0 Å². The summed E-state index contributed by atoms with van der Waals surface area (Å²) in [6.45, 7) is 3.88. The first-order chi connectivity index (χ1) is 3.81. The Hall–Kier alpha value is -0.850. The molecular formula is C7H10O. The Bertz CT molecular complexity index is 120. The first kappa shape index (κ1) is 7.15. The van der Waals surface area contributed by atoms with Crippen LogP contribution in [0.15, 0.2) is 23.8 Å². The van der Waals surface area contributed by atoms with Gasteiger partial charge in [0.15, 0.2) is 0 Å². The number of hydrogen-bond donors (Lipinski definition) is 0. The summed E-state index contributed by atoms with van der Waals surface area (Å²) in [5.74, 6) is 0. The zero-order chi connectivity index (χ0) is 6.41. The van der Waals surface area contributed by atoms with Gasteiger partial charge in [-0.1, -0.05) is 17.7 Å². The van der Waals surface area contributed by atoms with Crippen LogP contribution >= 0.6 is 0 Å². The van der Waals surface area contributed by atoms with E-state index in [1.54, 1.807) is 6.08 Å². The molecule has 8 heavy (non-hydrogen) atoms. The predicted molar refractivity (Wildman–Crippen MR) is 34.6 cm³/mol. The third kappa shape index (κ3) is 3.34. The zero-order valence-electron chi connectivity index (χ0n) is 5.22. The van der Waals surface area contributed by atoms with Gasteiger partial charge >= 0.3 is 0 Å². The number of hydrogen-bond acceptors (Lipinski definition) is 1. The predicted octanol–water partition coefficient (Wildman–Crippen LogP) is 1.71. The van der Waals surface area contributed by atoms with Crippen molar-refractivity contribution in [2.75, 3.05) is 0 Å². The van der Waals surface area contributed by atoms with Crippen LogP contribution in [0.1, 0.15) is 13.8 Å². The van der Waals surface area contributed by atoms with E-state index in [2.05, 4.69) is 0 Å². The van der Waals surface area contributed by atoms with E-state index in [0.29, 0.717) is 0 Å². The summed E-state index contributed by atoms with van der Waals surface area (Å²) in [5.41, 5.74) is 1.11. The number of aldehydes is 1. The fourth-order valence-corrected chi connectivity index (χ4v) is 0.287. The van der Waals surface area contributed by atoms with Crippen LogP contribution in [0, 0.1) is 0 Å². The molecule has 0 saturated heterocycles. The van der Waals surface area contributed by atoms with E-state index < -0.39 is 0 Å². The Kier molecular flexibility index (Phi) is 3.85. The molecule has 0 heterocycles. The van der Waals surface area contributed by atoms with Crippen LogP contribution in [0.2, 0.25) is 0 Å². The molecule has 0 fully saturated rings. The summed E-state index contributed by atoms with van der Waals surface area (Å²) in [4.78, 5) is 9.71. The molecule has 0 unspecified atom stereocenters. The molecule has 0 saturated carbocycles. The highest BCUT2D eigenvalue weighted by atomic mass is 16.1. The lowest BCUT2D eigenvalue weighted by atomic mass is 10.3. The maximum atomic E-state index is 9.71. The Balaban J connectivity index is 3.69. The Morgan fingerprint density at radius 3 is 2.50 bits per heavy atom. The van der Waals surface area contributed by atoms with E-state index in [0.717, 1.165) is 11.9 Å². The van der Waals surface area contributed by atoms with Crippen LogP contribution < -0.4 is 0 Å². The quantitative estimate of drug-likeness (QED) is 0.300. The topological polar surface area (TPSA) is 17.1 Å². The van der Waals surface area contributed by atoms with Crippen molar-refractivity contribution in [3.8, 4) is 0 Å². The van der Waals surface area contributed by atoms with E-state index in [4.69, 9.17) is 0 Å². The highest BCUT2D eigenvalue weighted by molar-refractivity contribution is 5.65. The molecule has 0 aliphatic heterocycles. The molecule has 0 amide bonds. The second-order valence-corrected chi connectivity index (χ2v) is 1.53. The lowest BCUT2D eigenvalue weighted by Crippen LogP contribution is -1.64. The summed E-state index contributed by atoms with van der Waals surface area (Å²) in [6.07, 6.45) is 5.97.